The van der Waals surface area contributed by atoms with Crippen LogP contribution in [0.3, 0.4) is 0 Å². The van der Waals surface area contributed by atoms with E-state index in [2.05, 4.69) is 27.7 Å². The number of aromatic carboxylic acids is 2. The van der Waals surface area contributed by atoms with Crippen LogP contribution in [0.25, 0.3) is 0 Å². The van der Waals surface area contributed by atoms with Gasteiger partial charge in [0.25, 0.3) is 0 Å². The zero-order valence-corrected chi connectivity index (χ0v) is 34.1. The van der Waals surface area contributed by atoms with Crippen LogP contribution in [0.15, 0.2) is 58.3 Å². The highest BCUT2D eigenvalue weighted by atomic mass is 33.1. The fraction of sp³-hybridized carbons (Fsp3) is 0.667. The van der Waals surface area contributed by atoms with Gasteiger partial charge in [-0.25, -0.2) is 9.59 Å². The fourth-order valence-corrected chi connectivity index (χ4v) is 13.3. The van der Waals surface area contributed by atoms with Gasteiger partial charge in [0.1, 0.15) is 0 Å². The Kier molecular flexibility index (Phi) is 28.0. The largest absolute Gasteiger partial charge is 0.478 e. The number of unbranched alkanes of at least 4 members (excludes halogenated alkanes) is 16. The summed E-state index contributed by atoms with van der Waals surface area (Å²) in [6.45, 7) is 9.48. The predicted octanol–water partition coefficient (Wildman–Crippen LogP) is 14.8. The third-order valence-corrected chi connectivity index (χ3v) is 16.9. The number of hydrogen-bond donors (Lipinski definition) is 2. The van der Waals surface area contributed by atoms with Crippen LogP contribution in [0, 0.1) is 0 Å². The van der Waals surface area contributed by atoms with Crippen molar-refractivity contribution < 1.29 is 19.8 Å². The third kappa shape index (κ3) is 22.8. The van der Waals surface area contributed by atoms with E-state index < -0.39 is 19.2 Å². The van der Waals surface area contributed by atoms with Crippen molar-refractivity contribution >= 4 is 40.8 Å². The maximum Gasteiger partial charge on any atom is 0.335 e. The average Bonchev–Trinajstić information content (AvgIpc) is 3.11. The van der Waals surface area contributed by atoms with Crippen molar-refractivity contribution in [2.75, 3.05) is 24.6 Å². The summed E-state index contributed by atoms with van der Waals surface area (Å²) < 4.78 is 0. The summed E-state index contributed by atoms with van der Waals surface area (Å²) in [5, 5.41) is 17.6. The van der Waals surface area contributed by atoms with Crippen LogP contribution >= 0.6 is 28.9 Å². The summed E-state index contributed by atoms with van der Waals surface area (Å²) in [5.41, 5.74) is 0.510. The van der Waals surface area contributed by atoms with E-state index in [1.807, 2.05) is 0 Å². The van der Waals surface area contributed by atoms with Crippen LogP contribution in [-0.2, 0) is 0 Å². The lowest BCUT2D eigenvalue weighted by atomic mass is 10.0. The summed E-state index contributed by atoms with van der Waals surface area (Å²) in [4.78, 5) is 23.3. The second-order valence-electron chi connectivity index (χ2n) is 13.7. The molecule has 49 heavy (non-hydrogen) atoms. The molecular formula is C42H70O4PS2+. The van der Waals surface area contributed by atoms with Crippen LogP contribution in [0.1, 0.15) is 177 Å². The van der Waals surface area contributed by atoms with Crippen molar-refractivity contribution in [3.05, 3.63) is 59.7 Å². The molecule has 0 bridgehead atoms. The van der Waals surface area contributed by atoms with Crippen molar-refractivity contribution in [1.82, 2.24) is 0 Å². The van der Waals surface area contributed by atoms with Gasteiger partial charge < -0.3 is 10.2 Å². The molecule has 0 atom stereocenters. The van der Waals surface area contributed by atoms with Gasteiger partial charge in [0.15, 0.2) is 0 Å². The molecule has 2 N–H and O–H groups in total. The molecule has 2 rings (SSSR count). The Morgan fingerprint density at radius 1 is 0.429 bits per heavy atom. The lowest BCUT2D eigenvalue weighted by Crippen LogP contribution is -2.13. The van der Waals surface area contributed by atoms with Gasteiger partial charge in [-0.05, 0) is 80.6 Å². The minimum atomic E-state index is -0.946. The van der Waals surface area contributed by atoms with Crippen molar-refractivity contribution in [2.24, 2.45) is 0 Å². The predicted molar refractivity (Wildman–Crippen MR) is 220 cm³/mol. The van der Waals surface area contributed by atoms with Crippen LogP contribution in [-0.4, -0.2) is 46.8 Å². The number of carbonyl (C=O) groups is 2. The normalized spacial score (nSPS) is 11.3. The molecule has 0 aliphatic heterocycles. The second-order valence-corrected chi connectivity index (χ2v) is 20.5. The molecule has 0 amide bonds. The van der Waals surface area contributed by atoms with E-state index in [4.69, 9.17) is 10.2 Å². The molecule has 0 unspecified atom stereocenters. The average molecular weight is 734 g/mol. The van der Waals surface area contributed by atoms with Crippen molar-refractivity contribution in [2.45, 2.75) is 166 Å². The number of carboxylic acid groups (broad SMARTS) is 2. The maximum absolute atomic E-state index is 10.7. The molecule has 0 aliphatic rings. The SMILES string of the molecule is CCCCCCCCCCCCCCCC[P+](CCCC)(CCCC)CCCC.O=C(O)c1ccc(SSc2ccc(C(=O)O)cc2)cc1. The van der Waals surface area contributed by atoms with E-state index in [1.54, 1.807) is 79.6 Å². The molecular weight excluding hydrogens is 664 g/mol. The van der Waals surface area contributed by atoms with Gasteiger partial charge in [-0.1, -0.05) is 146 Å². The molecule has 0 aliphatic carbocycles. The summed E-state index contributed by atoms with van der Waals surface area (Å²) in [6, 6.07) is 13.2. The first-order valence-corrected chi connectivity index (χ1v) is 24.3. The summed E-state index contributed by atoms with van der Waals surface area (Å²) >= 11 is 0. The summed E-state index contributed by atoms with van der Waals surface area (Å²) in [7, 11) is 2.34. The molecule has 0 saturated carbocycles. The molecule has 0 aromatic heterocycles. The van der Waals surface area contributed by atoms with Crippen molar-refractivity contribution in [1.29, 1.82) is 0 Å². The molecule has 2 aromatic rings. The zero-order valence-electron chi connectivity index (χ0n) is 31.6. The van der Waals surface area contributed by atoms with Crippen LogP contribution in [0.2, 0.25) is 0 Å². The monoisotopic (exact) mass is 733 g/mol. The van der Waals surface area contributed by atoms with Crippen LogP contribution in [0.4, 0.5) is 0 Å². The Hall–Kier alpha value is -1.49. The Morgan fingerprint density at radius 2 is 0.694 bits per heavy atom. The number of benzene rings is 2. The minimum absolute atomic E-state index is 0.255. The zero-order chi connectivity index (χ0) is 36.0. The molecule has 0 spiro atoms. The van der Waals surface area contributed by atoms with Crippen molar-refractivity contribution in [3.63, 3.8) is 0 Å². The Bertz CT molecular complexity index is 1010. The van der Waals surface area contributed by atoms with E-state index in [-0.39, 0.29) is 11.1 Å². The maximum atomic E-state index is 10.7. The van der Waals surface area contributed by atoms with Gasteiger partial charge in [-0.3, -0.25) is 0 Å². The van der Waals surface area contributed by atoms with Gasteiger partial charge >= 0.3 is 11.9 Å². The highest BCUT2D eigenvalue weighted by Gasteiger charge is 2.34. The van der Waals surface area contributed by atoms with Gasteiger partial charge in [-0.15, -0.1) is 0 Å². The first-order valence-electron chi connectivity index (χ1n) is 19.7. The van der Waals surface area contributed by atoms with Gasteiger partial charge in [0, 0.05) is 17.1 Å². The number of hydrogen-bond acceptors (Lipinski definition) is 4. The summed E-state index contributed by atoms with van der Waals surface area (Å²) in [6.07, 6.45) is 36.0. The Labute approximate surface area is 309 Å². The third-order valence-electron chi connectivity index (χ3n) is 9.38. The lowest BCUT2D eigenvalue weighted by molar-refractivity contribution is 0.0686. The van der Waals surface area contributed by atoms with Gasteiger partial charge in [0.05, 0.1) is 35.8 Å². The number of carboxylic acids is 2. The van der Waals surface area contributed by atoms with Gasteiger partial charge in [-0.2, -0.15) is 0 Å². The minimum Gasteiger partial charge on any atom is -0.478 e. The highest BCUT2D eigenvalue weighted by Crippen LogP contribution is 2.61. The highest BCUT2D eigenvalue weighted by molar-refractivity contribution is 8.76. The molecule has 0 saturated heterocycles. The Balaban J connectivity index is 0.000000520. The quantitative estimate of drug-likeness (QED) is 0.0493. The second kappa shape index (κ2) is 30.2. The first kappa shape index (κ1) is 45.5. The standard InChI is InChI=1S/C28H60P.C14H10O4S2/c1-5-9-13-14-15-16-17-18-19-20-21-22-23-24-28-29(25-10-6-2,26-11-7-3)27-12-8-4;15-13(16)9-1-5-11(6-2-9)19-20-12-7-3-10(4-8-12)14(17)18/h5-28H2,1-4H3;1-8H,(H,15,16)(H,17,18)/q+1;. The molecule has 0 heterocycles. The fourth-order valence-electron chi connectivity index (χ4n) is 6.20. The smallest absolute Gasteiger partial charge is 0.335 e. The lowest BCUT2D eigenvalue weighted by Gasteiger charge is -2.28. The molecule has 4 nitrogen and oxygen atoms in total. The topological polar surface area (TPSA) is 74.6 Å². The van der Waals surface area contributed by atoms with E-state index >= 15 is 0 Å². The van der Waals surface area contributed by atoms with Crippen molar-refractivity contribution in [3.8, 4) is 0 Å². The number of rotatable bonds is 29. The first-order chi connectivity index (χ1) is 23.8. The van der Waals surface area contributed by atoms with E-state index in [9.17, 15) is 9.59 Å². The van der Waals surface area contributed by atoms with E-state index in [0.717, 1.165) is 9.79 Å². The molecule has 0 radical (unpaired) electrons. The van der Waals surface area contributed by atoms with Crippen LogP contribution in [0.5, 0.6) is 0 Å². The molecule has 7 heteroatoms. The van der Waals surface area contributed by atoms with Gasteiger partial charge in [0.2, 0.25) is 0 Å². The van der Waals surface area contributed by atoms with E-state index in [0.29, 0.717) is 0 Å². The van der Waals surface area contributed by atoms with E-state index in [1.165, 1.54) is 144 Å². The molecule has 2 aromatic carbocycles. The van der Waals surface area contributed by atoms with Crippen LogP contribution < -0.4 is 0 Å². The summed E-state index contributed by atoms with van der Waals surface area (Å²) in [5.74, 6) is -1.89. The Morgan fingerprint density at radius 3 is 0.980 bits per heavy atom. The molecule has 278 valence electrons. The molecule has 0 fully saturated rings.